The molecule has 1 aromatic rings. The molecule has 0 fully saturated rings. The van der Waals surface area contributed by atoms with Crippen LogP contribution in [-0.4, -0.2) is 43.9 Å². The van der Waals surface area contributed by atoms with Crippen LogP contribution in [0, 0.1) is 0 Å². The lowest BCUT2D eigenvalue weighted by Gasteiger charge is -2.11. The van der Waals surface area contributed by atoms with Crippen LogP contribution in [0.4, 0.5) is 0 Å². The molecule has 0 aliphatic heterocycles. The smallest absolute Gasteiger partial charge is 0.325 e. The summed E-state index contributed by atoms with van der Waals surface area (Å²) in [5, 5.41) is 20.8. The van der Waals surface area contributed by atoms with E-state index in [-0.39, 0.29) is 24.9 Å². The first-order valence-electron chi connectivity index (χ1n) is 5.54. The molecule has 9 heteroatoms. The largest absolute Gasteiger partial charge is 0.480 e. The van der Waals surface area contributed by atoms with Crippen LogP contribution in [-0.2, 0) is 27.5 Å². The van der Waals surface area contributed by atoms with Gasteiger partial charge >= 0.3 is 5.97 Å². The Morgan fingerprint density at radius 1 is 1.47 bits per heavy atom. The zero-order valence-corrected chi connectivity index (χ0v) is 10.6. The van der Waals surface area contributed by atoms with Crippen molar-refractivity contribution in [1.29, 1.82) is 0 Å². The van der Waals surface area contributed by atoms with Gasteiger partial charge in [0, 0.05) is 6.92 Å². The van der Waals surface area contributed by atoms with Crippen molar-refractivity contribution >= 4 is 17.8 Å². The van der Waals surface area contributed by atoms with Gasteiger partial charge in [-0.1, -0.05) is 5.21 Å². The fraction of sp³-hybridized carbons (Fsp3) is 0.500. The number of carbonyl (C=O) groups is 3. The van der Waals surface area contributed by atoms with Crippen molar-refractivity contribution in [3.8, 4) is 0 Å². The molecule has 0 bridgehead atoms. The minimum Gasteiger partial charge on any atom is -0.480 e. The lowest BCUT2D eigenvalue weighted by molar-refractivity contribution is -0.138. The van der Waals surface area contributed by atoms with Gasteiger partial charge in [0.1, 0.15) is 18.3 Å². The summed E-state index contributed by atoms with van der Waals surface area (Å²) in [6.07, 6.45) is 1.43. The van der Waals surface area contributed by atoms with Crippen LogP contribution in [0.25, 0.3) is 0 Å². The monoisotopic (exact) mass is 269 g/mol. The normalized spacial score (nSPS) is 11.7. The summed E-state index contributed by atoms with van der Waals surface area (Å²) in [6.45, 7) is 2.70. The Kier molecular flexibility index (Phi) is 4.98. The van der Waals surface area contributed by atoms with Crippen molar-refractivity contribution in [2.75, 3.05) is 0 Å². The van der Waals surface area contributed by atoms with E-state index in [1.54, 1.807) is 6.92 Å². The van der Waals surface area contributed by atoms with E-state index in [1.165, 1.54) is 13.1 Å². The summed E-state index contributed by atoms with van der Waals surface area (Å²) in [6, 6.07) is -0.647. The van der Waals surface area contributed by atoms with Gasteiger partial charge in [-0.3, -0.25) is 14.4 Å². The molecule has 3 N–H and O–H groups in total. The number of hydrogen-bond donors (Lipinski definition) is 3. The van der Waals surface area contributed by atoms with E-state index in [0.717, 1.165) is 4.68 Å². The molecule has 0 saturated carbocycles. The van der Waals surface area contributed by atoms with Gasteiger partial charge in [0.25, 0.3) is 0 Å². The maximum atomic E-state index is 11.6. The number of nitrogens with one attached hydrogen (secondary N) is 2. The Bertz CT molecular complexity index is 484. The second-order valence-electron chi connectivity index (χ2n) is 3.94. The molecule has 0 radical (unpaired) electrons. The molecule has 1 unspecified atom stereocenters. The van der Waals surface area contributed by atoms with Crippen LogP contribution in [0.1, 0.15) is 19.5 Å². The molecule has 0 aromatic carbocycles. The lowest BCUT2D eigenvalue weighted by atomic mass is 10.3. The zero-order valence-electron chi connectivity index (χ0n) is 10.6. The van der Waals surface area contributed by atoms with E-state index in [0.29, 0.717) is 5.69 Å². The summed E-state index contributed by atoms with van der Waals surface area (Å²) < 4.78 is 1.15. The van der Waals surface area contributed by atoms with Gasteiger partial charge in [-0.15, -0.1) is 5.10 Å². The van der Waals surface area contributed by atoms with Crippen LogP contribution in [0.2, 0.25) is 0 Å². The summed E-state index contributed by atoms with van der Waals surface area (Å²) in [7, 11) is 0. The number of carbonyl (C=O) groups excluding carboxylic acids is 2. The topological polar surface area (TPSA) is 126 Å². The maximum absolute atomic E-state index is 11.6. The molecule has 9 nitrogen and oxygen atoms in total. The third-order valence-electron chi connectivity index (χ3n) is 2.14. The first-order valence-corrected chi connectivity index (χ1v) is 5.54. The van der Waals surface area contributed by atoms with Gasteiger partial charge < -0.3 is 15.7 Å². The van der Waals surface area contributed by atoms with E-state index in [2.05, 4.69) is 20.9 Å². The van der Waals surface area contributed by atoms with Crippen molar-refractivity contribution in [3.05, 3.63) is 11.9 Å². The quantitative estimate of drug-likeness (QED) is 0.577. The van der Waals surface area contributed by atoms with Crippen molar-refractivity contribution in [2.24, 2.45) is 0 Å². The molecule has 0 spiro atoms. The molecule has 0 aliphatic carbocycles. The third-order valence-corrected chi connectivity index (χ3v) is 2.14. The SMILES string of the molecule is CC(=O)NC(C)C(=O)NCc1cn(CC(=O)O)nn1. The Balaban J connectivity index is 2.43. The van der Waals surface area contributed by atoms with E-state index in [9.17, 15) is 14.4 Å². The van der Waals surface area contributed by atoms with Crippen LogP contribution >= 0.6 is 0 Å². The lowest BCUT2D eigenvalue weighted by Crippen LogP contribution is -2.43. The number of nitrogens with zero attached hydrogens (tertiary/aromatic N) is 3. The molecular formula is C10H15N5O4. The van der Waals surface area contributed by atoms with Crippen LogP contribution < -0.4 is 10.6 Å². The Labute approximate surface area is 109 Å². The highest BCUT2D eigenvalue weighted by atomic mass is 16.4. The second-order valence-corrected chi connectivity index (χ2v) is 3.94. The number of aromatic nitrogens is 3. The van der Waals surface area contributed by atoms with Crippen molar-refractivity contribution in [3.63, 3.8) is 0 Å². The Hall–Kier alpha value is -2.45. The number of hydrogen-bond acceptors (Lipinski definition) is 5. The Morgan fingerprint density at radius 3 is 2.74 bits per heavy atom. The number of amides is 2. The standard InChI is InChI=1S/C10H15N5O4/c1-6(12-7(2)16)10(19)11-3-8-4-15(14-13-8)5-9(17)18/h4,6H,3,5H2,1-2H3,(H,11,19)(H,12,16)(H,17,18). The first-order chi connectivity index (χ1) is 8.88. The Morgan fingerprint density at radius 2 is 2.16 bits per heavy atom. The molecular weight excluding hydrogens is 254 g/mol. The summed E-state index contributed by atoms with van der Waals surface area (Å²) in [5.41, 5.74) is 0.435. The van der Waals surface area contributed by atoms with Crippen LogP contribution in [0.5, 0.6) is 0 Å². The molecule has 1 aromatic heterocycles. The molecule has 19 heavy (non-hydrogen) atoms. The predicted molar refractivity (Wildman–Crippen MR) is 62.8 cm³/mol. The summed E-state index contributed by atoms with van der Waals surface area (Å²) in [4.78, 5) is 32.8. The number of rotatable bonds is 6. The van der Waals surface area contributed by atoms with E-state index < -0.39 is 12.0 Å². The molecule has 1 rings (SSSR count). The van der Waals surface area contributed by atoms with Gasteiger partial charge in [0.2, 0.25) is 11.8 Å². The van der Waals surface area contributed by atoms with Gasteiger partial charge in [-0.05, 0) is 6.92 Å². The minimum absolute atomic E-state index is 0.113. The van der Waals surface area contributed by atoms with Crippen molar-refractivity contribution in [1.82, 2.24) is 25.6 Å². The maximum Gasteiger partial charge on any atom is 0.325 e. The summed E-state index contributed by atoms with van der Waals surface area (Å²) in [5.74, 6) is -1.68. The predicted octanol–water partition coefficient (Wildman–Crippen LogP) is -1.50. The highest BCUT2D eigenvalue weighted by Crippen LogP contribution is 1.93. The fourth-order valence-electron chi connectivity index (χ4n) is 1.34. The average molecular weight is 269 g/mol. The third kappa shape index (κ3) is 5.15. The number of carboxylic acid groups (broad SMARTS) is 1. The van der Waals surface area contributed by atoms with Gasteiger partial charge in [0.15, 0.2) is 0 Å². The second kappa shape index (κ2) is 6.47. The highest BCUT2D eigenvalue weighted by molar-refractivity contribution is 5.86. The molecule has 1 heterocycles. The van der Waals surface area contributed by atoms with Crippen molar-refractivity contribution in [2.45, 2.75) is 33.0 Å². The fourth-order valence-corrected chi connectivity index (χ4v) is 1.34. The average Bonchev–Trinajstić information content (AvgIpc) is 2.71. The first kappa shape index (κ1) is 14.6. The number of carboxylic acids is 1. The van der Waals surface area contributed by atoms with Crippen LogP contribution in [0.15, 0.2) is 6.20 Å². The minimum atomic E-state index is -1.03. The highest BCUT2D eigenvalue weighted by Gasteiger charge is 2.13. The van der Waals surface area contributed by atoms with Crippen molar-refractivity contribution < 1.29 is 19.5 Å². The van der Waals surface area contributed by atoms with Crippen LogP contribution in [0.3, 0.4) is 0 Å². The molecule has 104 valence electrons. The van der Waals surface area contributed by atoms with E-state index in [1.807, 2.05) is 0 Å². The molecule has 0 aliphatic rings. The van der Waals surface area contributed by atoms with Gasteiger partial charge in [-0.2, -0.15) is 0 Å². The zero-order chi connectivity index (χ0) is 14.4. The van der Waals surface area contributed by atoms with Gasteiger partial charge in [-0.25, -0.2) is 4.68 Å². The summed E-state index contributed by atoms with van der Waals surface area (Å²) >= 11 is 0. The van der Waals surface area contributed by atoms with Gasteiger partial charge in [0.05, 0.1) is 12.7 Å². The number of aliphatic carboxylic acids is 1. The van der Waals surface area contributed by atoms with E-state index >= 15 is 0 Å². The van der Waals surface area contributed by atoms with E-state index in [4.69, 9.17) is 5.11 Å². The molecule has 1 atom stereocenters. The molecule has 0 saturated heterocycles. The molecule has 2 amide bonds.